The Kier molecular flexibility index (Phi) is 18.1. The number of hydrogen-bond donors (Lipinski definition) is 0. The number of rotatable bonds is 2. The summed E-state index contributed by atoms with van der Waals surface area (Å²) in [7, 11) is 0. The van der Waals surface area contributed by atoms with E-state index in [2.05, 4.69) is 166 Å². The third-order valence-electron chi connectivity index (χ3n) is 7.95. The first-order chi connectivity index (χ1) is 21.7. The Morgan fingerprint density at radius 1 is 0.417 bits per heavy atom. The zero-order valence-electron chi connectivity index (χ0n) is 28.4. The van der Waals surface area contributed by atoms with E-state index in [-0.39, 0.29) is 62.0 Å². The van der Waals surface area contributed by atoms with Crippen LogP contribution in [0.4, 0.5) is 0 Å². The van der Waals surface area contributed by atoms with Crippen molar-refractivity contribution >= 4 is 78.9 Å². The standard InChI is InChI=1S/2C20H15.C2H6.C2H5.2ClH.Si.Zr/c2*1-14-12-16-8-5-11-19(20(16)13-14)18-10-4-7-15-6-2-3-9-17(15)18;2*1-2;;;;/h2*2-13H,1H3;1-2H3;1H2,2H3;2*1H;;/q2*-1;;-1;;;;+3. The average Bonchev–Trinajstić information content (AvgIpc) is 3.67. The molecule has 8 aromatic carbocycles. The molecule has 0 aliphatic rings. The third-order valence-corrected chi connectivity index (χ3v) is 7.95. The fourth-order valence-electron chi connectivity index (χ4n) is 6.16. The first-order valence-electron chi connectivity index (χ1n) is 15.6. The molecule has 8 rings (SSSR count). The maximum Gasteiger partial charge on any atom is 3.00 e. The molecule has 0 saturated heterocycles. The molecule has 0 fully saturated rings. The van der Waals surface area contributed by atoms with Crippen molar-refractivity contribution in [3.63, 3.8) is 0 Å². The Balaban J connectivity index is 0.000000405. The largest absolute Gasteiger partial charge is 3.00 e. The second-order valence-electron chi connectivity index (χ2n) is 10.7. The molecule has 5 radical (unpaired) electrons. The number of fused-ring (bicyclic) bond motifs is 4. The zero-order chi connectivity index (χ0) is 31.1. The van der Waals surface area contributed by atoms with Crippen molar-refractivity contribution in [2.75, 3.05) is 0 Å². The number of halogens is 2. The van der Waals surface area contributed by atoms with Crippen molar-refractivity contribution in [2.24, 2.45) is 0 Å². The van der Waals surface area contributed by atoms with Crippen LogP contribution in [0.15, 0.2) is 146 Å². The summed E-state index contributed by atoms with van der Waals surface area (Å²) in [6.07, 6.45) is 0. The summed E-state index contributed by atoms with van der Waals surface area (Å²) in [6, 6.07) is 52.5. The molecule has 0 unspecified atom stereocenters. The molecule has 0 spiro atoms. The van der Waals surface area contributed by atoms with Crippen molar-refractivity contribution in [3.05, 3.63) is 164 Å². The summed E-state index contributed by atoms with van der Waals surface area (Å²) in [5, 5.41) is 10.6. The van der Waals surface area contributed by atoms with E-state index in [4.69, 9.17) is 0 Å². The summed E-state index contributed by atoms with van der Waals surface area (Å²) in [5.41, 5.74) is 7.94. The van der Waals surface area contributed by atoms with E-state index in [1.807, 2.05) is 13.8 Å². The molecule has 4 heteroatoms. The first kappa shape index (κ1) is 42.8. The maximum atomic E-state index is 3.25. The van der Waals surface area contributed by atoms with Gasteiger partial charge in [-0.2, -0.15) is 19.1 Å². The van der Waals surface area contributed by atoms with Crippen molar-refractivity contribution in [1.82, 2.24) is 0 Å². The summed E-state index contributed by atoms with van der Waals surface area (Å²) in [6.45, 7) is 13.3. The van der Waals surface area contributed by atoms with Crippen LogP contribution in [-0.2, 0) is 26.2 Å². The number of benzene rings is 6. The molecule has 0 heterocycles. The Bertz CT molecular complexity index is 1990. The van der Waals surface area contributed by atoms with Gasteiger partial charge in [0, 0.05) is 11.0 Å². The normalized spacial score (nSPS) is 9.62. The third kappa shape index (κ3) is 9.04. The van der Waals surface area contributed by atoms with E-state index < -0.39 is 0 Å². The summed E-state index contributed by atoms with van der Waals surface area (Å²) in [5.74, 6) is 0. The van der Waals surface area contributed by atoms with Crippen LogP contribution in [0.25, 0.3) is 65.3 Å². The van der Waals surface area contributed by atoms with Gasteiger partial charge in [-0.25, -0.2) is 0 Å². The van der Waals surface area contributed by atoms with Crippen LogP contribution in [0.1, 0.15) is 31.9 Å². The fraction of sp³-hybridized carbons (Fsp3) is 0.114. The molecule has 0 aliphatic carbocycles. The van der Waals surface area contributed by atoms with Crippen molar-refractivity contribution in [2.45, 2.75) is 34.6 Å². The van der Waals surface area contributed by atoms with E-state index in [0.717, 1.165) is 0 Å². The molecule has 0 nitrogen and oxygen atoms in total. The van der Waals surface area contributed by atoms with Crippen LogP contribution < -0.4 is 0 Å². The van der Waals surface area contributed by atoms with Gasteiger partial charge in [0.1, 0.15) is 0 Å². The van der Waals surface area contributed by atoms with Crippen LogP contribution in [0, 0.1) is 20.8 Å². The molecule has 0 bridgehead atoms. The molecule has 0 saturated carbocycles. The fourth-order valence-corrected chi connectivity index (χ4v) is 6.16. The molecule has 0 amide bonds. The minimum Gasteiger partial charge on any atom is -0.346 e. The molecular formula is C44H43Cl2SiZr. The van der Waals surface area contributed by atoms with E-state index in [1.165, 1.54) is 76.5 Å². The van der Waals surface area contributed by atoms with Crippen LogP contribution >= 0.6 is 24.8 Å². The molecule has 0 atom stereocenters. The zero-order valence-corrected chi connectivity index (χ0v) is 33.5. The Morgan fingerprint density at radius 3 is 1.08 bits per heavy atom. The topological polar surface area (TPSA) is 0 Å². The second-order valence-corrected chi connectivity index (χ2v) is 10.7. The minimum atomic E-state index is 0. The molecule has 0 N–H and O–H groups in total. The van der Waals surface area contributed by atoms with Crippen LogP contribution in [0.2, 0.25) is 0 Å². The van der Waals surface area contributed by atoms with Gasteiger partial charge >= 0.3 is 26.2 Å². The molecule has 48 heavy (non-hydrogen) atoms. The van der Waals surface area contributed by atoms with Gasteiger partial charge in [0.25, 0.3) is 0 Å². The second kappa shape index (κ2) is 20.3. The summed E-state index contributed by atoms with van der Waals surface area (Å²) >= 11 is 0. The Hall–Kier alpha value is -3.26. The SMILES string of the molecule is CC.Cc1cc2c(-c3cccc4ccccc34)cccc2[cH-]1.Cc1cc2c(-c3cccc4ccccc34)cccc2[cH-]1.Cl.Cl.[CH2-]C.[Si].[Zr+3]. The molecule has 0 aromatic heterocycles. The predicted octanol–water partition coefficient (Wildman–Crippen LogP) is 13.7. The summed E-state index contributed by atoms with van der Waals surface area (Å²) < 4.78 is 0. The van der Waals surface area contributed by atoms with E-state index in [9.17, 15) is 0 Å². The van der Waals surface area contributed by atoms with Crippen molar-refractivity contribution < 1.29 is 26.2 Å². The number of aryl methyl sites for hydroxylation is 2. The van der Waals surface area contributed by atoms with Gasteiger partial charge < -0.3 is 6.92 Å². The predicted molar refractivity (Wildman–Crippen MR) is 217 cm³/mol. The van der Waals surface area contributed by atoms with Gasteiger partial charge in [-0.1, -0.05) is 136 Å². The smallest absolute Gasteiger partial charge is 0.346 e. The van der Waals surface area contributed by atoms with Crippen LogP contribution in [0.5, 0.6) is 0 Å². The summed E-state index contributed by atoms with van der Waals surface area (Å²) in [4.78, 5) is 0. The molecule has 8 aromatic rings. The van der Waals surface area contributed by atoms with Gasteiger partial charge in [0.2, 0.25) is 0 Å². The van der Waals surface area contributed by atoms with E-state index in [1.54, 1.807) is 6.92 Å². The van der Waals surface area contributed by atoms with Crippen molar-refractivity contribution in [3.8, 4) is 22.3 Å². The van der Waals surface area contributed by atoms with Crippen LogP contribution in [0.3, 0.4) is 0 Å². The average molecular weight is 762 g/mol. The van der Waals surface area contributed by atoms with Gasteiger partial charge in [0.15, 0.2) is 0 Å². The quantitative estimate of drug-likeness (QED) is 0.122. The van der Waals surface area contributed by atoms with Gasteiger partial charge in [-0.3, -0.25) is 0 Å². The molecule has 241 valence electrons. The Labute approximate surface area is 323 Å². The van der Waals surface area contributed by atoms with Gasteiger partial charge in [-0.05, 0) is 32.7 Å². The maximum absolute atomic E-state index is 3.25. The molecule has 0 aliphatic heterocycles. The van der Waals surface area contributed by atoms with Crippen LogP contribution in [-0.4, -0.2) is 11.0 Å². The first-order valence-corrected chi connectivity index (χ1v) is 15.6. The van der Waals surface area contributed by atoms with Gasteiger partial charge in [-0.15, -0.1) is 93.9 Å². The molecular weight excluding hydrogens is 719 g/mol. The van der Waals surface area contributed by atoms with Gasteiger partial charge in [0.05, 0.1) is 0 Å². The van der Waals surface area contributed by atoms with E-state index in [0.29, 0.717) is 0 Å². The minimum absolute atomic E-state index is 0. The monoisotopic (exact) mass is 759 g/mol. The van der Waals surface area contributed by atoms with E-state index >= 15 is 0 Å². The Morgan fingerprint density at radius 2 is 0.708 bits per heavy atom. The number of hydrogen-bond acceptors (Lipinski definition) is 0. The van der Waals surface area contributed by atoms with Crippen molar-refractivity contribution in [1.29, 1.82) is 0 Å².